The van der Waals surface area contributed by atoms with Crippen molar-refractivity contribution in [2.24, 2.45) is 0 Å². The fourth-order valence-corrected chi connectivity index (χ4v) is 2.16. The molecule has 0 spiro atoms. The van der Waals surface area contributed by atoms with E-state index in [1.165, 1.54) is 19.2 Å². The number of carboxylic acids is 1. The summed E-state index contributed by atoms with van der Waals surface area (Å²) in [6.45, 7) is 0. The second kappa shape index (κ2) is 5.40. The molecule has 5 heteroatoms. The van der Waals surface area contributed by atoms with Crippen molar-refractivity contribution in [2.45, 2.75) is 0 Å². The van der Waals surface area contributed by atoms with Gasteiger partial charge < -0.3 is 9.84 Å². The molecule has 0 radical (unpaired) electrons. The van der Waals surface area contributed by atoms with E-state index in [0.717, 1.165) is 0 Å². The minimum Gasteiger partial charge on any atom is -0.494 e. The molecule has 0 amide bonds. The van der Waals surface area contributed by atoms with Crippen LogP contribution in [0.3, 0.4) is 0 Å². The van der Waals surface area contributed by atoms with E-state index in [2.05, 4.69) is 15.9 Å². The summed E-state index contributed by atoms with van der Waals surface area (Å²) in [5.41, 5.74) is 0.867. The van der Waals surface area contributed by atoms with E-state index in [9.17, 15) is 9.18 Å². The maximum Gasteiger partial charge on any atom is 0.336 e. The molecule has 98 valence electrons. The first-order chi connectivity index (χ1) is 9.04. The molecule has 3 nitrogen and oxygen atoms in total. The molecule has 0 unspecified atom stereocenters. The van der Waals surface area contributed by atoms with Crippen LogP contribution in [0.4, 0.5) is 4.39 Å². The normalized spacial score (nSPS) is 10.3. The van der Waals surface area contributed by atoms with Crippen LogP contribution >= 0.6 is 15.9 Å². The minimum atomic E-state index is -1.07. The number of hydrogen-bond donors (Lipinski definition) is 1. The maximum atomic E-state index is 14.1. The highest BCUT2D eigenvalue weighted by atomic mass is 79.9. The molecule has 0 aromatic heterocycles. The van der Waals surface area contributed by atoms with Crippen LogP contribution in [-0.4, -0.2) is 18.2 Å². The highest BCUT2D eigenvalue weighted by molar-refractivity contribution is 9.10. The largest absolute Gasteiger partial charge is 0.494 e. The summed E-state index contributed by atoms with van der Waals surface area (Å²) in [6.07, 6.45) is 0. The Hall–Kier alpha value is -1.88. The highest BCUT2D eigenvalue weighted by Crippen LogP contribution is 2.31. The van der Waals surface area contributed by atoms with Gasteiger partial charge in [-0.15, -0.1) is 0 Å². The molecule has 0 fully saturated rings. The van der Waals surface area contributed by atoms with Crippen molar-refractivity contribution in [3.8, 4) is 16.9 Å². The number of benzene rings is 2. The Morgan fingerprint density at radius 1 is 1.32 bits per heavy atom. The Morgan fingerprint density at radius 3 is 2.68 bits per heavy atom. The van der Waals surface area contributed by atoms with Gasteiger partial charge in [-0.25, -0.2) is 9.18 Å². The van der Waals surface area contributed by atoms with Crippen LogP contribution in [0.2, 0.25) is 0 Å². The van der Waals surface area contributed by atoms with Gasteiger partial charge in [0.1, 0.15) is 0 Å². The van der Waals surface area contributed by atoms with Crippen molar-refractivity contribution in [3.05, 3.63) is 52.3 Å². The number of aromatic carboxylic acids is 1. The molecule has 19 heavy (non-hydrogen) atoms. The highest BCUT2D eigenvalue weighted by Gasteiger charge is 2.14. The number of ether oxygens (including phenoxy) is 1. The molecule has 0 atom stereocenters. The Bertz CT molecular complexity index is 641. The fraction of sp³-hybridized carbons (Fsp3) is 0.0714. The van der Waals surface area contributed by atoms with Crippen molar-refractivity contribution in [3.63, 3.8) is 0 Å². The van der Waals surface area contributed by atoms with E-state index in [-0.39, 0.29) is 11.3 Å². The zero-order valence-corrected chi connectivity index (χ0v) is 11.6. The minimum absolute atomic E-state index is 0.0831. The lowest BCUT2D eigenvalue weighted by atomic mass is 10.0. The number of rotatable bonds is 3. The molecule has 2 aromatic rings. The van der Waals surface area contributed by atoms with Crippen molar-refractivity contribution in [2.75, 3.05) is 7.11 Å². The van der Waals surface area contributed by atoms with E-state index in [4.69, 9.17) is 9.84 Å². The summed E-state index contributed by atoms with van der Waals surface area (Å²) >= 11 is 3.15. The number of methoxy groups -OCH3 is 1. The van der Waals surface area contributed by atoms with Gasteiger partial charge >= 0.3 is 5.97 Å². The van der Waals surface area contributed by atoms with Crippen LogP contribution in [0.15, 0.2) is 40.9 Å². The van der Waals surface area contributed by atoms with Crippen LogP contribution in [0, 0.1) is 5.82 Å². The summed E-state index contributed by atoms with van der Waals surface area (Å²) in [6, 6.07) is 9.39. The van der Waals surface area contributed by atoms with Crippen LogP contribution in [0.25, 0.3) is 11.1 Å². The average Bonchev–Trinajstić information content (AvgIpc) is 2.39. The Kier molecular flexibility index (Phi) is 3.85. The van der Waals surface area contributed by atoms with Gasteiger partial charge in [0.05, 0.1) is 12.7 Å². The molecule has 0 bridgehead atoms. The third-order valence-electron chi connectivity index (χ3n) is 2.69. The van der Waals surface area contributed by atoms with Crippen molar-refractivity contribution in [1.82, 2.24) is 0 Å². The number of carboxylic acid groups (broad SMARTS) is 1. The van der Waals surface area contributed by atoms with Crippen LogP contribution in [0.5, 0.6) is 5.75 Å². The zero-order chi connectivity index (χ0) is 14.0. The van der Waals surface area contributed by atoms with Gasteiger partial charge in [-0.2, -0.15) is 0 Å². The molecular weight excluding hydrogens is 315 g/mol. The number of carbonyl (C=O) groups is 1. The number of halogens is 2. The summed E-state index contributed by atoms with van der Waals surface area (Å²) in [5, 5.41) is 9.06. The first-order valence-electron chi connectivity index (χ1n) is 5.40. The number of hydrogen-bond acceptors (Lipinski definition) is 2. The van der Waals surface area contributed by atoms with Gasteiger partial charge in [0, 0.05) is 10.0 Å². The molecular formula is C14H10BrFO3. The molecule has 0 aliphatic carbocycles. The lowest BCUT2D eigenvalue weighted by Gasteiger charge is -2.09. The SMILES string of the molecule is COc1cccc(-c2ccc(Br)c(C(=O)O)c2)c1F. The molecule has 0 saturated heterocycles. The van der Waals surface area contributed by atoms with Crippen molar-refractivity contribution < 1.29 is 19.0 Å². The monoisotopic (exact) mass is 324 g/mol. The van der Waals surface area contributed by atoms with Gasteiger partial charge in [0.2, 0.25) is 0 Å². The molecule has 0 saturated carbocycles. The van der Waals surface area contributed by atoms with Gasteiger partial charge in [-0.05, 0) is 39.7 Å². The Balaban J connectivity index is 2.60. The van der Waals surface area contributed by atoms with Crippen LogP contribution in [-0.2, 0) is 0 Å². The third-order valence-corrected chi connectivity index (χ3v) is 3.38. The maximum absolute atomic E-state index is 14.1. The van der Waals surface area contributed by atoms with Crippen LogP contribution < -0.4 is 4.74 Å². The second-order valence-corrected chi connectivity index (χ2v) is 4.68. The van der Waals surface area contributed by atoms with Gasteiger partial charge in [0.15, 0.2) is 11.6 Å². The standard InChI is InChI=1S/C14H10BrFO3/c1-19-12-4-2-3-9(13(12)16)8-5-6-11(15)10(7-8)14(17)18/h2-7H,1H3,(H,17,18). The van der Waals surface area contributed by atoms with Gasteiger partial charge in [-0.1, -0.05) is 18.2 Å². The predicted octanol–water partition coefficient (Wildman–Crippen LogP) is 3.96. The predicted molar refractivity (Wildman–Crippen MR) is 73.0 cm³/mol. The van der Waals surface area contributed by atoms with Crippen LogP contribution in [0.1, 0.15) is 10.4 Å². The summed E-state index contributed by atoms with van der Waals surface area (Å²) in [5.74, 6) is -1.46. The molecule has 0 heterocycles. The summed E-state index contributed by atoms with van der Waals surface area (Å²) in [4.78, 5) is 11.1. The Labute approximate surface area is 117 Å². The van der Waals surface area contributed by atoms with Gasteiger partial charge in [0.25, 0.3) is 0 Å². The van der Waals surface area contributed by atoms with E-state index in [0.29, 0.717) is 15.6 Å². The zero-order valence-electron chi connectivity index (χ0n) is 9.98. The van der Waals surface area contributed by atoms with E-state index in [1.807, 2.05) is 0 Å². The third kappa shape index (κ3) is 2.61. The summed E-state index contributed by atoms with van der Waals surface area (Å²) < 4.78 is 19.5. The second-order valence-electron chi connectivity index (χ2n) is 3.82. The van der Waals surface area contributed by atoms with E-state index < -0.39 is 11.8 Å². The molecule has 2 aromatic carbocycles. The van der Waals surface area contributed by atoms with Crippen molar-refractivity contribution >= 4 is 21.9 Å². The quantitative estimate of drug-likeness (QED) is 0.929. The lowest BCUT2D eigenvalue weighted by Crippen LogP contribution is -1.98. The summed E-state index contributed by atoms with van der Waals surface area (Å²) in [7, 11) is 1.38. The molecule has 1 N–H and O–H groups in total. The van der Waals surface area contributed by atoms with E-state index >= 15 is 0 Å². The van der Waals surface area contributed by atoms with E-state index in [1.54, 1.807) is 24.3 Å². The average molecular weight is 325 g/mol. The lowest BCUT2D eigenvalue weighted by molar-refractivity contribution is 0.0696. The molecule has 0 aliphatic rings. The van der Waals surface area contributed by atoms with Crippen molar-refractivity contribution in [1.29, 1.82) is 0 Å². The first-order valence-corrected chi connectivity index (χ1v) is 6.19. The van der Waals surface area contributed by atoms with Gasteiger partial charge in [-0.3, -0.25) is 0 Å². The first kappa shape index (κ1) is 13.5. The fourth-order valence-electron chi connectivity index (χ4n) is 1.75. The molecule has 0 aliphatic heterocycles. The topological polar surface area (TPSA) is 46.5 Å². The smallest absolute Gasteiger partial charge is 0.336 e. The Morgan fingerprint density at radius 2 is 2.05 bits per heavy atom. The molecule has 2 rings (SSSR count).